The van der Waals surface area contributed by atoms with Crippen LogP contribution < -0.4 is 0 Å². The van der Waals surface area contributed by atoms with Crippen molar-refractivity contribution >= 4 is 12.0 Å². The van der Waals surface area contributed by atoms with E-state index in [2.05, 4.69) is 0 Å². The predicted molar refractivity (Wildman–Crippen MR) is 66.0 cm³/mol. The number of carbonyl (C=O) groups is 1. The number of rotatable bonds is 3. The molecule has 0 atom stereocenters. The fraction of sp³-hybridized carbons (Fsp3) is 0.286. The van der Waals surface area contributed by atoms with Gasteiger partial charge in [0.05, 0.1) is 6.10 Å². The molecule has 0 spiro atoms. The Morgan fingerprint density at radius 2 is 2.06 bits per heavy atom. The number of nitrogens with zero attached hydrogens (tertiary/aromatic N) is 1. The molecule has 0 aliphatic heterocycles. The summed E-state index contributed by atoms with van der Waals surface area (Å²) in [5.41, 5.74) is 1.88. The molecular formula is C14H15NO2. The average Bonchev–Trinajstić information content (AvgIpc) is 2.27. The predicted octanol–water partition coefficient (Wildman–Crippen LogP) is 2.85. The Hall–Kier alpha value is -2.08. The zero-order chi connectivity index (χ0) is 12.8. The van der Waals surface area contributed by atoms with Gasteiger partial charge in [0.25, 0.3) is 0 Å². The Labute approximate surface area is 101 Å². The van der Waals surface area contributed by atoms with Crippen LogP contribution in [-0.4, -0.2) is 12.1 Å². The standard InChI is InChI=1S/C14H15NO2/c1-10(2)17-14(16)13(9-15)8-12-7-5-4-6-11(12)3/h4-8,10H,1-3H3. The quantitative estimate of drug-likeness (QED) is 0.455. The average molecular weight is 229 g/mol. The molecule has 0 fully saturated rings. The van der Waals surface area contributed by atoms with E-state index in [0.29, 0.717) is 0 Å². The molecule has 0 aliphatic carbocycles. The number of hydrogen-bond donors (Lipinski definition) is 0. The Bertz CT molecular complexity index is 481. The maximum atomic E-state index is 11.6. The minimum atomic E-state index is -0.578. The molecule has 3 heteroatoms. The largest absolute Gasteiger partial charge is 0.459 e. The highest BCUT2D eigenvalue weighted by Crippen LogP contribution is 2.13. The Morgan fingerprint density at radius 1 is 1.41 bits per heavy atom. The third kappa shape index (κ3) is 3.76. The molecule has 1 aromatic rings. The summed E-state index contributed by atoms with van der Waals surface area (Å²) in [5, 5.41) is 8.94. The Kier molecular flexibility index (Phi) is 4.47. The van der Waals surface area contributed by atoms with Gasteiger partial charge >= 0.3 is 5.97 Å². The third-order valence-corrected chi connectivity index (χ3v) is 2.17. The summed E-state index contributed by atoms with van der Waals surface area (Å²) in [6, 6.07) is 9.42. The van der Waals surface area contributed by atoms with Crippen molar-refractivity contribution in [1.29, 1.82) is 5.26 Å². The van der Waals surface area contributed by atoms with Crippen LogP contribution in [-0.2, 0) is 9.53 Å². The van der Waals surface area contributed by atoms with Crippen molar-refractivity contribution < 1.29 is 9.53 Å². The number of carbonyl (C=O) groups excluding carboxylic acids is 1. The highest BCUT2D eigenvalue weighted by atomic mass is 16.5. The second-order valence-corrected chi connectivity index (χ2v) is 3.98. The fourth-order valence-corrected chi connectivity index (χ4v) is 1.32. The van der Waals surface area contributed by atoms with Crippen LogP contribution in [0.5, 0.6) is 0 Å². The first kappa shape index (κ1) is 13.0. The summed E-state index contributed by atoms with van der Waals surface area (Å²) in [6.07, 6.45) is 1.33. The molecule has 0 heterocycles. The molecule has 0 amide bonds. The van der Waals surface area contributed by atoms with Crippen LogP contribution in [0.2, 0.25) is 0 Å². The van der Waals surface area contributed by atoms with Crippen LogP contribution in [0.1, 0.15) is 25.0 Å². The van der Waals surface area contributed by atoms with Gasteiger partial charge in [0.1, 0.15) is 11.6 Å². The first-order valence-electron chi connectivity index (χ1n) is 5.43. The molecule has 1 aromatic carbocycles. The molecule has 0 aliphatic rings. The second-order valence-electron chi connectivity index (χ2n) is 3.98. The van der Waals surface area contributed by atoms with Crippen molar-refractivity contribution in [2.75, 3.05) is 0 Å². The molecular weight excluding hydrogens is 214 g/mol. The number of aryl methyl sites for hydroxylation is 1. The van der Waals surface area contributed by atoms with E-state index < -0.39 is 5.97 Å². The molecule has 0 saturated heterocycles. The van der Waals surface area contributed by atoms with Crippen LogP contribution in [0, 0.1) is 18.3 Å². The van der Waals surface area contributed by atoms with Crippen molar-refractivity contribution in [3.63, 3.8) is 0 Å². The van der Waals surface area contributed by atoms with Gasteiger partial charge in [-0.3, -0.25) is 0 Å². The van der Waals surface area contributed by atoms with Gasteiger partial charge in [0.15, 0.2) is 0 Å². The van der Waals surface area contributed by atoms with Gasteiger partial charge in [-0.15, -0.1) is 0 Å². The third-order valence-electron chi connectivity index (χ3n) is 2.17. The SMILES string of the molecule is Cc1ccccc1C=C(C#N)C(=O)OC(C)C. The van der Waals surface area contributed by atoms with E-state index in [0.717, 1.165) is 11.1 Å². The van der Waals surface area contributed by atoms with Crippen LogP contribution >= 0.6 is 0 Å². The summed E-state index contributed by atoms with van der Waals surface area (Å²) in [4.78, 5) is 11.6. The lowest BCUT2D eigenvalue weighted by Crippen LogP contribution is -2.12. The summed E-state index contributed by atoms with van der Waals surface area (Å²) in [7, 11) is 0. The molecule has 0 aromatic heterocycles. The van der Waals surface area contributed by atoms with Gasteiger partial charge in [0, 0.05) is 0 Å². The van der Waals surface area contributed by atoms with E-state index >= 15 is 0 Å². The van der Waals surface area contributed by atoms with E-state index in [-0.39, 0.29) is 11.7 Å². The fourth-order valence-electron chi connectivity index (χ4n) is 1.32. The topological polar surface area (TPSA) is 50.1 Å². The summed E-state index contributed by atoms with van der Waals surface area (Å²) in [5.74, 6) is -0.578. The monoisotopic (exact) mass is 229 g/mol. The minimum absolute atomic E-state index is 0.0213. The van der Waals surface area contributed by atoms with Crippen molar-refractivity contribution in [2.24, 2.45) is 0 Å². The first-order chi connectivity index (χ1) is 8.04. The van der Waals surface area contributed by atoms with E-state index in [1.165, 1.54) is 0 Å². The van der Waals surface area contributed by atoms with Gasteiger partial charge in [-0.2, -0.15) is 5.26 Å². The van der Waals surface area contributed by atoms with E-state index in [9.17, 15) is 4.79 Å². The van der Waals surface area contributed by atoms with Gasteiger partial charge in [0.2, 0.25) is 0 Å². The van der Waals surface area contributed by atoms with E-state index in [1.807, 2.05) is 37.3 Å². The number of ether oxygens (including phenoxy) is 1. The summed E-state index contributed by atoms with van der Waals surface area (Å²) >= 11 is 0. The molecule has 88 valence electrons. The van der Waals surface area contributed by atoms with Crippen LogP contribution in [0.3, 0.4) is 0 Å². The molecule has 1 rings (SSSR count). The van der Waals surface area contributed by atoms with Crippen LogP contribution in [0.25, 0.3) is 6.08 Å². The highest BCUT2D eigenvalue weighted by molar-refractivity contribution is 5.98. The molecule has 0 unspecified atom stereocenters. The first-order valence-corrected chi connectivity index (χ1v) is 5.43. The van der Waals surface area contributed by atoms with Crippen molar-refractivity contribution in [3.05, 3.63) is 41.0 Å². The maximum Gasteiger partial charge on any atom is 0.349 e. The van der Waals surface area contributed by atoms with Gasteiger partial charge in [-0.1, -0.05) is 24.3 Å². The lowest BCUT2D eigenvalue weighted by atomic mass is 10.1. The maximum absolute atomic E-state index is 11.6. The number of nitriles is 1. The smallest absolute Gasteiger partial charge is 0.349 e. The Morgan fingerprint density at radius 3 is 2.59 bits per heavy atom. The summed E-state index contributed by atoms with van der Waals surface area (Å²) in [6.45, 7) is 5.43. The lowest BCUT2D eigenvalue weighted by molar-refractivity contribution is -0.142. The molecule has 0 N–H and O–H groups in total. The lowest BCUT2D eigenvalue weighted by Gasteiger charge is -2.07. The van der Waals surface area contributed by atoms with Gasteiger partial charge in [-0.05, 0) is 38.0 Å². The number of esters is 1. The van der Waals surface area contributed by atoms with Crippen molar-refractivity contribution in [1.82, 2.24) is 0 Å². The van der Waals surface area contributed by atoms with Gasteiger partial charge in [-0.25, -0.2) is 4.79 Å². The number of benzene rings is 1. The normalized spacial score (nSPS) is 11.1. The van der Waals surface area contributed by atoms with Gasteiger partial charge < -0.3 is 4.74 Å². The molecule has 0 bridgehead atoms. The second kappa shape index (κ2) is 5.86. The highest BCUT2D eigenvalue weighted by Gasteiger charge is 2.12. The van der Waals surface area contributed by atoms with Crippen molar-refractivity contribution in [2.45, 2.75) is 26.9 Å². The molecule has 0 radical (unpaired) electrons. The summed E-state index contributed by atoms with van der Waals surface area (Å²) < 4.78 is 4.99. The minimum Gasteiger partial charge on any atom is -0.459 e. The van der Waals surface area contributed by atoms with Crippen LogP contribution in [0.15, 0.2) is 29.8 Å². The molecule has 0 saturated carbocycles. The van der Waals surface area contributed by atoms with E-state index in [4.69, 9.17) is 10.00 Å². The van der Waals surface area contributed by atoms with E-state index in [1.54, 1.807) is 19.9 Å². The molecule has 17 heavy (non-hydrogen) atoms. The zero-order valence-electron chi connectivity index (χ0n) is 10.2. The Balaban J connectivity index is 3.00. The van der Waals surface area contributed by atoms with Crippen LogP contribution in [0.4, 0.5) is 0 Å². The van der Waals surface area contributed by atoms with Crippen molar-refractivity contribution in [3.8, 4) is 6.07 Å². The molecule has 3 nitrogen and oxygen atoms in total. The number of hydrogen-bond acceptors (Lipinski definition) is 3. The zero-order valence-corrected chi connectivity index (χ0v) is 10.2.